The molecule has 0 saturated heterocycles. The van der Waals surface area contributed by atoms with Crippen LogP contribution in [0, 0.1) is 75.4 Å². The first-order valence-corrected chi connectivity index (χ1v) is 26.5. The van der Waals surface area contributed by atoms with Crippen molar-refractivity contribution in [2.75, 3.05) is 38.3 Å². The number of carbonyl (C=O) groups is 3. The van der Waals surface area contributed by atoms with E-state index in [1.165, 1.54) is 22.3 Å². The highest BCUT2D eigenvalue weighted by atomic mass is 16.7. The Morgan fingerprint density at radius 2 is 1.75 bits per heavy atom. The number of rotatable bonds is 13. The number of benzene rings is 1. The summed E-state index contributed by atoms with van der Waals surface area (Å²) < 4.78 is 18.5. The van der Waals surface area contributed by atoms with Crippen LogP contribution in [-0.2, 0) is 23.8 Å². The van der Waals surface area contributed by atoms with Crippen LogP contribution in [0.1, 0.15) is 149 Å². The third-order valence-electron chi connectivity index (χ3n) is 20.6. The van der Waals surface area contributed by atoms with Gasteiger partial charge in [-0.05, 0) is 190 Å². The van der Waals surface area contributed by atoms with E-state index in [0.717, 1.165) is 82.9 Å². The Labute approximate surface area is 405 Å². The van der Waals surface area contributed by atoms with Crippen molar-refractivity contribution in [2.24, 2.45) is 63.6 Å². The van der Waals surface area contributed by atoms with Gasteiger partial charge in [0.2, 0.25) is 0 Å². The molecule has 8 aliphatic carbocycles. The molecule has 8 aliphatic rings. The van der Waals surface area contributed by atoms with E-state index < -0.39 is 29.2 Å². The molecule has 6 fully saturated rings. The third kappa shape index (κ3) is 8.47. The quantitative estimate of drug-likeness (QED) is 0.134. The molecule has 1 aromatic carbocycles. The van der Waals surface area contributed by atoms with Crippen LogP contribution in [0.25, 0.3) is 0 Å². The van der Waals surface area contributed by atoms with Crippen molar-refractivity contribution in [3.63, 3.8) is 0 Å². The minimum absolute atomic E-state index is 0.0190. The van der Waals surface area contributed by atoms with Gasteiger partial charge in [-0.3, -0.25) is 4.79 Å². The zero-order chi connectivity index (χ0) is 48.3. The molecule has 6 saturated carbocycles. The fourth-order valence-corrected chi connectivity index (χ4v) is 17.0. The zero-order valence-corrected chi connectivity index (χ0v) is 41.9. The van der Waals surface area contributed by atoms with Gasteiger partial charge in [-0.15, -0.1) is 5.92 Å². The second kappa shape index (κ2) is 19.1. The first-order chi connectivity index (χ1) is 32.4. The molecule has 11 nitrogen and oxygen atoms in total. The lowest BCUT2D eigenvalue weighted by atomic mass is 9.43. The number of ether oxygens (including phenoxy) is 3. The van der Waals surface area contributed by atoms with Crippen molar-refractivity contribution in [2.45, 2.75) is 167 Å². The average Bonchev–Trinajstić information content (AvgIpc) is 3.81. The summed E-state index contributed by atoms with van der Waals surface area (Å²) >= 11 is 0. The number of carboxylic acids is 1. The molecule has 0 spiro atoms. The molecule has 0 radical (unpaired) electrons. The molecule has 16 atom stereocenters. The second-order valence-corrected chi connectivity index (χ2v) is 23.6. The molecule has 5 N–H and O–H groups in total. The molecule has 0 amide bonds. The van der Waals surface area contributed by atoms with Gasteiger partial charge < -0.3 is 45.0 Å². The van der Waals surface area contributed by atoms with Gasteiger partial charge >= 0.3 is 6.16 Å². The number of likely N-dealkylation sites (N-methyl/N-ethyl adjacent to an activating group) is 1. The van der Waals surface area contributed by atoms with E-state index in [1.807, 2.05) is 13.0 Å². The number of aliphatic carboxylic acids is 1. The number of quaternary nitrogens is 1. The van der Waals surface area contributed by atoms with Gasteiger partial charge in [-0.2, -0.15) is 0 Å². The standard InChI is InChI=1S/C57H80N2O9/c1-7-22-57(65)24-21-45-42-15-11-36-29-39(60)14-16-41(36)51(42)43(33-55(45,57)4)35-9-12-38(13-10-35)59(6)26-28-66-40-20-23-54(3)37(30-40)31-48(68-53(64)67-27-25-58)52-46-18-17-44(34(2)8-19-50(62)63)56(46,5)49(61)32-47(52)54/h9-10,12-13,29,34,37,40,42-49,52,61,65H,8,11,14-21,23-28,30-33,58H2,1-6H3,(H,62,63)/t34-,37+,40+,42?,43-,44-,45?,46+,47+,48-,49+,52+,54+,55+,56-,57+/m1/s1. The fraction of sp³-hybridized carbons (Fsp3) is 0.737. The summed E-state index contributed by atoms with van der Waals surface area (Å²) in [7, 11) is 2.12. The fourth-order valence-electron chi connectivity index (χ4n) is 17.0. The van der Waals surface area contributed by atoms with Crippen molar-refractivity contribution < 1.29 is 49.6 Å². The minimum atomic E-state index is -1.03. The number of hydrogen-bond acceptors (Lipinski definition) is 10. The van der Waals surface area contributed by atoms with Gasteiger partial charge in [-0.1, -0.05) is 51.3 Å². The molecule has 0 aromatic heterocycles. The number of fused-ring (bicyclic) bond motifs is 9. The van der Waals surface area contributed by atoms with Gasteiger partial charge in [0, 0.05) is 48.9 Å². The van der Waals surface area contributed by atoms with Crippen LogP contribution in [0.5, 0.6) is 0 Å². The van der Waals surface area contributed by atoms with Gasteiger partial charge in [0.05, 0.1) is 18.8 Å². The predicted octanol–water partition coefficient (Wildman–Crippen LogP) is 7.33. The molecule has 68 heavy (non-hydrogen) atoms. The first kappa shape index (κ1) is 49.3. The second-order valence-electron chi connectivity index (χ2n) is 23.6. The largest absolute Gasteiger partial charge is 0.550 e. The monoisotopic (exact) mass is 937 g/mol. The third-order valence-corrected chi connectivity index (χ3v) is 20.6. The van der Waals surface area contributed by atoms with Crippen LogP contribution in [0.3, 0.4) is 0 Å². The number of aliphatic hydroxyl groups is 2. The van der Waals surface area contributed by atoms with Gasteiger partial charge in [0.1, 0.15) is 24.9 Å². The number of anilines is 1. The van der Waals surface area contributed by atoms with Gasteiger partial charge in [0.15, 0.2) is 5.78 Å². The highest BCUT2D eigenvalue weighted by Gasteiger charge is 2.67. The zero-order valence-electron chi connectivity index (χ0n) is 41.9. The summed E-state index contributed by atoms with van der Waals surface area (Å²) in [4.78, 5) is 39.5. The number of hydrogen-bond donors (Lipinski definition) is 3. The molecule has 0 heterocycles. The SMILES string of the molecule is CC#C[C@]1(O)CCC2C3CCC4=CC(=O)CCC4=C3[C@@H](c3ccc(N(C)CCO[C@H]4CC[C@@]5(C)[C@@H](C4)C[C@@H](OC(=O)OCC[NH3+])[C@@H]4[C@@H]5C[C@H](O)[C@]5(C)[C@@H]([C@H](C)CCC(=O)[O-])CC[C@@H]45)cc3)C[C@@]21C. The Morgan fingerprint density at radius 1 is 0.971 bits per heavy atom. The molecule has 0 bridgehead atoms. The summed E-state index contributed by atoms with van der Waals surface area (Å²) in [5.41, 5.74) is 8.63. The van der Waals surface area contributed by atoms with Crippen LogP contribution in [0.4, 0.5) is 10.5 Å². The van der Waals surface area contributed by atoms with E-state index >= 15 is 0 Å². The molecule has 372 valence electrons. The summed E-state index contributed by atoms with van der Waals surface area (Å²) in [6.07, 6.45) is 12.9. The maximum atomic E-state index is 13.2. The van der Waals surface area contributed by atoms with E-state index in [1.54, 1.807) is 0 Å². The molecule has 0 aliphatic heterocycles. The first-order valence-electron chi connectivity index (χ1n) is 26.5. The van der Waals surface area contributed by atoms with Crippen molar-refractivity contribution in [3.8, 4) is 11.8 Å². The van der Waals surface area contributed by atoms with E-state index in [4.69, 9.17) is 14.2 Å². The maximum Gasteiger partial charge on any atom is 0.508 e. The van der Waals surface area contributed by atoms with Crippen molar-refractivity contribution in [1.29, 1.82) is 0 Å². The van der Waals surface area contributed by atoms with Gasteiger partial charge in [0.25, 0.3) is 0 Å². The molecule has 9 rings (SSSR count). The summed E-state index contributed by atoms with van der Waals surface area (Å²) in [5.74, 6) is 7.45. The highest BCUT2D eigenvalue weighted by Crippen LogP contribution is 2.70. The summed E-state index contributed by atoms with van der Waals surface area (Å²) in [5, 5.41) is 35.8. The van der Waals surface area contributed by atoms with Crippen LogP contribution < -0.4 is 15.7 Å². The van der Waals surface area contributed by atoms with E-state index in [-0.39, 0.29) is 83.3 Å². The number of carboxylic acid groups (broad SMARTS) is 1. The Bertz CT molecular complexity index is 2210. The van der Waals surface area contributed by atoms with Crippen LogP contribution in [0.15, 0.2) is 47.1 Å². The summed E-state index contributed by atoms with van der Waals surface area (Å²) in [6, 6.07) is 9.05. The highest BCUT2D eigenvalue weighted by molar-refractivity contribution is 5.93. The van der Waals surface area contributed by atoms with Gasteiger partial charge in [-0.25, -0.2) is 4.79 Å². The van der Waals surface area contributed by atoms with Crippen LogP contribution in [0.2, 0.25) is 0 Å². The lowest BCUT2D eigenvalue weighted by molar-refractivity contribution is -0.372. The lowest BCUT2D eigenvalue weighted by Gasteiger charge is -2.64. The Kier molecular flexibility index (Phi) is 13.9. The Morgan fingerprint density at radius 3 is 2.49 bits per heavy atom. The Balaban J connectivity index is 0.873. The average molecular weight is 937 g/mol. The number of ketones is 1. The normalized spacial score (nSPS) is 40.8. The molecule has 11 heteroatoms. The maximum absolute atomic E-state index is 13.2. The molecule has 1 aromatic rings. The number of carbonyl (C=O) groups excluding carboxylic acids is 3. The number of nitrogens with zero attached hydrogens (tertiary/aromatic N) is 1. The van der Waals surface area contributed by atoms with Crippen molar-refractivity contribution in [3.05, 3.63) is 52.6 Å². The summed E-state index contributed by atoms with van der Waals surface area (Å²) in [6.45, 7) is 12.9. The van der Waals surface area contributed by atoms with Crippen molar-refractivity contribution in [1.82, 2.24) is 0 Å². The Hall–Kier alpha value is -3.69. The van der Waals surface area contributed by atoms with Crippen molar-refractivity contribution >= 4 is 23.6 Å². The van der Waals surface area contributed by atoms with Crippen LogP contribution >= 0.6 is 0 Å². The minimum Gasteiger partial charge on any atom is -0.550 e. The number of allylic oxidation sites excluding steroid dienone is 4. The number of aliphatic hydroxyl groups excluding tert-OH is 1. The van der Waals surface area contributed by atoms with E-state index in [2.05, 4.69) is 81.5 Å². The molecular formula is C57H80N2O9. The van der Waals surface area contributed by atoms with Crippen LogP contribution in [-0.4, -0.2) is 85.4 Å². The van der Waals surface area contributed by atoms with E-state index in [0.29, 0.717) is 50.7 Å². The lowest BCUT2D eigenvalue weighted by Crippen LogP contribution is -2.63. The molecular weight excluding hydrogens is 857 g/mol. The molecule has 2 unspecified atom stereocenters. The van der Waals surface area contributed by atoms with E-state index in [9.17, 15) is 29.7 Å². The topological polar surface area (TPSA) is 173 Å². The smallest absolute Gasteiger partial charge is 0.508 e. The predicted molar refractivity (Wildman–Crippen MR) is 257 cm³/mol.